The van der Waals surface area contributed by atoms with Crippen molar-refractivity contribution >= 4 is 19.8 Å². The first-order chi connectivity index (χ1) is 23.8. The minimum absolute atomic E-state index is 0.216. The van der Waals surface area contributed by atoms with Gasteiger partial charge in [-0.3, -0.25) is 14.1 Å². The zero-order valence-corrected chi connectivity index (χ0v) is 32.8. The summed E-state index contributed by atoms with van der Waals surface area (Å²) in [6, 6.07) is 0. The Morgan fingerprint density at radius 1 is 0.510 bits per heavy atom. The van der Waals surface area contributed by atoms with Crippen LogP contribution in [0.3, 0.4) is 0 Å². The first-order valence-corrected chi connectivity index (χ1v) is 22.0. The predicted octanol–water partition coefficient (Wildman–Crippen LogP) is 12.2. The number of hydrogen-bond acceptors (Lipinski definition) is 6. The van der Waals surface area contributed by atoms with Crippen molar-refractivity contribution in [2.45, 2.75) is 219 Å². The summed E-state index contributed by atoms with van der Waals surface area (Å²) in [6.45, 7) is 3.69. The molecule has 0 aliphatic rings. The van der Waals surface area contributed by atoms with Crippen LogP contribution in [0.15, 0.2) is 12.2 Å². The minimum Gasteiger partial charge on any atom is -0.462 e. The third kappa shape index (κ3) is 39.4. The van der Waals surface area contributed by atoms with E-state index >= 15 is 0 Å². The van der Waals surface area contributed by atoms with Crippen molar-refractivity contribution in [3.63, 3.8) is 0 Å². The molecule has 8 nitrogen and oxygen atoms in total. The fourth-order valence-corrected chi connectivity index (χ4v) is 6.32. The maximum absolute atomic E-state index is 12.3. The molecule has 0 aromatic rings. The van der Waals surface area contributed by atoms with Gasteiger partial charge in [-0.2, -0.15) is 0 Å². The van der Waals surface area contributed by atoms with Gasteiger partial charge in [0.2, 0.25) is 0 Å². The van der Waals surface area contributed by atoms with E-state index < -0.39 is 32.5 Å². The van der Waals surface area contributed by atoms with E-state index in [1.165, 1.54) is 128 Å². The highest BCUT2D eigenvalue weighted by molar-refractivity contribution is 7.46. The van der Waals surface area contributed by atoms with Crippen LogP contribution in [0.25, 0.3) is 0 Å². The molecule has 290 valence electrons. The number of carbonyl (C=O) groups is 2. The van der Waals surface area contributed by atoms with Crippen molar-refractivity contribution in [2.75, 3.05) is 13.2 Å². The van der Waals surface area contributed by atoms with Gasteiger partial charge in [0.15, 0.2) is 6.10 Å². The summed E-state index contributed by atoms with van der Waals surface area (Å²) in [5, 5.41) is 0. The Labute approximate surface area is 301 Å². The molecule has 49 heavy (non-hydrogen) atoms. The molecule has 0 saturated carbocycles. The molecule has 0 spiro atoms. The number of phosphoric acid groups is 1. The molecule has 0 heterocycles. The lowest BCUT2D eigenvalue weighted by Crippen LogP contribution is -2.29. The molecule has 0 amide bonds. The second-order valence-electron chi connectivity index (χ2n) is 14.0. The van der Waals surface area contributed by atoms with E-state index in [9.17, 15) is 14.2 Å². The first-order valence-electron chi connectivity index (χ1n) is 20.5. The van der Waals surface area contributed by atoms with Crippen LogP contribution in [0.2, 0.25) is 0 Å². The van der Waals surface area contributed by atoms with Crippen LogP contribution in [0.4, 0.5) is 0 Å². The van der Waals surface area contributed by atoms with Crippen molar-refractivity contribution < 1.29 is 37.9 Å². The molecule has 0 fully saturated rings. The zero-order valence-electron chi connectivity index (χ0n) is 31.9. The molecule has 0 rings (SSSR count). The Morgan fingerprint density at radius 2 is 0.857 bits per heavy atom. The second-order valence-corrected chi connectivity index (χ2v) is 15.2. The molecule has 2 N–H and O–H groups in total. The molecule has 0 aliphatic carbocycles. The molecular weight excluding hydrogens is 639 g/mol. The third-order valence-corrected chi connectivity index (χ3v) is 9.52. The van der Waals surface area contributed by atoms with Crippen molar-refractivity contribution in [1.29, 1.82) is 0 Å². The van der Waals surface area contributed by atoms with Gasteiger partial charge in [0, 0.05) is 12.8 Å². The van der Waals surface area contributed by atoms with Gasteiger partial charge in [-0.15, -0.1) is 0 Å². The summed E-state index contributed by atoms with van der Waals surface area (Å²) < 4.78 is 26.3. The van der Waals surface area contributed by atoms with Crippen molar-refractivity contribution in [1.82, 2.24) is 0 Å². The van der Waals surface area contributed by atoms with E-state index in [2.05, 4.69) is 30.5 Å². The fraction of sp³-hybridized carbons (Fsp3) is 0.900. The van der Waals surface area contributed by atoms with E-state index in [1.807, 2.05) is 0 Å². The average molecular weight is 717 g/mol. The Hall–Kier alpha value is -1.21. The third-order valence-electron chi connectivity index (χ3n) is 9.03. The molecule has 0 unspecified atom stereocenters. The maximum atomic E-state index is 12.3. The van der Waals surface area contributed by atoms with Crippen LogP contribution < -0.4 is 0 Å². The molecular formula is C40H77O8P. The van der Waals surface area contributed by atoms with Crippen LogP contribution in [0.5, 0.6) is 0 Å². The number of unbranched alkanes of at least 4 members (excludes halogenated alkanes) is 26. The van der Waals surface area contributed by atoms with E-state index in [0.29, 0.717) is 6.42 Å². The number of hydrogen-bond donors (Lipinski definition) is 2. The maximum Gasteiger partial charge on any atom is 0.469 e. The molecule has 0 aromatic heterocycles. The lowest BCUT2D eigenvalue weighted by Gasteiger charge is -2.18. The van der Waals surface area contributed by atoms with E-state index in [4.69, 9.17) is 19.3 Å². The summed E-state index contributed by atoms with van der Waals surface area (Å²) in [5.41, 5.74) is 0. The largest absolute Gasteiger partial charge is 0.469 e. The molecule has 0 bridgehead atoms. The van der Waals surface area contributed by atoms with Gasteiger partial charge >= 0.3 is 19.8 Å². The van der Waals surface area contributed by atoms with Gasteiger partial charge in [0.05, 0.1) is 6.61 Å². The second kappa shape index (κ2) is 36.6. The SMILES string of the molecule is CCCCCCCCCC/C=C\CCCCCCCCCC(=O)OC[C@H](COP(=O)(O)O)OC(=O)CCCCCCCCCCCCCC. The van der Waals surface area contributed by atoms with Gasteiger partial charge in [0.25, 0.3) is 0 Å². The summed E-state index contributed by atoms with van der Waals surface area (Å²) in [4.78, 5) is 42.7. The number of rotatable bonds is 38. The number of esters is 2. The van der Waals surface area contributed by atoms with Crippen LogP contribution in [-0.2, 0) is 28.2 Å². The standard InChI is InChI=1S/C40H77O8P/c1-3-5-7-9-11-13-15-17-18-19-20-21-22-23-25-26-28-30-32-34-39(41)46-36-38(37-47-49(43,44)45)48-40(42)35-33-31-29-27-24-16-14-12-10-8-6-4-2/h19-20,38H,3-18,21-37H2,1-2H3,(H2,43,44,45)/b20-19-/t38-/m1/s1. The van der Waals surface area contributed by atoms with E-state index in [1.54, 1.807) is 0 Å². The number of ether oxygens (including phenoxy) is 2. The van der Waals surface area contributed by atoms with Crippen LogP contribution in [0, 0.1) is 0 Å². The highest BCUT2D eigenvalue weighted by Gasteiger charge is 2.22. The minimum atomic E-state index is -4.75. The van der Waals surface area contributed by atoms with Crippen molar-refractivity contribution in [2.24, 2.45) is 0 Å². The summed E-state index contributed by atoms with van der Waals surface area (Å²) in [5.74, 6) is -0.880. The highest BCUT2D eigenvalue weighted by atomic mass is 31.2. The molecule has 0 aromatic carbocycles. The highest BCUT2D eigenvalue weighted by Crippen LogP contribution is 2.36. The monoisotopic (exact) mass is 717 g/mol. The Kier molecular flexibility index (Phi) is 35.7. The Bertz CT molecular complexity index is 812. The molecule has 0 saturated heterocycles. The topological polar surface area (TPSA) is 119 Å². The average Bonchev–Trinajstić information content (AvgIpc) is 3.07. The number of allylic oxidation sites excluding steroid dienone is 2. The summed E-state index contributed by atoms with van der Waals surface area (Å²) in [6.07, 6.45) is 39.3. The van der Waals surface area contributed by atoms with Gasteiger partial charge in [-0.05, 0) is 38.5 Å². The van der Waals surface area contributed by atoms with Gasteiger partial charge < -0.3 is 19.3 Å². The van der Waals surface area contributed by atoms with Crippen LogP contribution >= 0.6 is 7.82 Å². The molecule has 9 heteroatoms. The molecule has 1 atom stereocenters. The molecule has 0 radical (unpaired) electrons. The van der Waals surface area contributed by atoms with E-state index in [-0.39, 0.29) is 19.4 Å². The van der Waals surface area contributed by atoms with E-state index in [0.717, 1.165) is 51.4 Å². The fourth-order valence-electron chi connectivity index (χ4n) is 5.96. The van der Waals surface area contributed by atoms with Crippen molar-refractivity contribution in [3.05, 3.63) is 12.2 Å². The Balaban J connectivity index is 3.87. The Morgan fingerprint density at radius 3 is 1.24 bits per heavy atom. The smallest absolute Gasteiger partial charge is 0.462 e. The van der Waals surface area contributed by atoms with Crippen LogP contribution in [-0.4, -0.2) is 41.0 Å². The number of carbonyl (C=O) groups excluding carboxylic acids is 2. The van der Waals surface area contributed by atoms with Gasteiger partial charge in [-0.25, -0.2) is 4.57 Å². The zero-order chi connectivity index (χ0) is 36.1. The van der Waals surface area contributed by atoms with Crippen LogP contribution in [0.1, 0.15) is 213 Å². The first kappa shape index (κ1) is 47.8. The summed E-state index contributed by atoms with van der Waals surface area (Å²) in [7, 11) is -4.75. The molecule has 0 aliphatic heterocycles. The normalized spacial score (nSPS) is 12.5. The van der Waals surface area contributed by atoms with Gasteiger partial charge in [0.1, 0.15) is 6.61 Å². The predicted molar refractivity (Wildman–Crippen MR) is 202 cm³/mol. The quantitative estimate of drug-likeness (QED) is 0.0280. The van der Waals surface area contributed by atoms with Gasteiger partial charge in [-0.1, -0.05) is 174 Å². The lowest BCUT2D eigenvalue weighted by molar-refractivity contribution is -0.161. The number of phosphoric ester groups is 1. The lowest BCUT2D eigenvalue weighted by atomic mass is 10.0. The summed E-state index contributed by atoms with van der Waals surface area (Å²) >= 11 is 0. The van der Waals surface area contributed by atoms with Crippen molar-refractivity contribution in [3.8, 4) is 0 Å².